The van der Waals surface area contributed by atoms with Crippen LogP contribution in [0, 0.1) is 5.92 Å². The van der Waals surface area contributed by atoms with Crippen molar-refractivity contribution < 1.29 is 0 Å². The average Bonchev–Trinajstić information content (AvgIpc) is 3.20. The van der Waals surface area contributed by atoms with E-state index in [1.54, 1.807) is 0 Å². The number of rotatable bonds is 4. The third kappa shape index (κ3) is 3.81. The number of hydrogen-bond acceptors (Lipinski definition) is 2. The van der Waals surface area contributed by atoms with Gasteiger partial charge in [0.25, 0.3) is 0 Å². The molecular formula is C15H20Br2N2. The largest absolute Gasteiger partial charge is 0.314 e. The van der Waals surface area contributed by atoms with E-state index < -0.39 is 0 Å². The van der Waals surface area contributed by atoms with E-state index in [-0.39, 0.29) is 0 Å². The first kappa shape index (κ1) is 14.1. The van der Waals surface area contributed by atoms with Gasteiger partial charge in [-0.25, -0.2) is 0 Å². The Morgan fingerprint density at radius 2 is 1.74 bits per heavy atom. The summed E-state index contributed by atoms with van der Waals surface area (Å²) in [5.74, 6) is 0.956. The SMILES string of the molecule is Brc1cc(Br)cc([C@H](CC2CC2)N2CCNCC2)c1. The summed E-state index contributed by atoms with van der Waals surface area (Å²) in [4.78, 5) is 2.66. The van der Waals surface area contributed by atoms with Crippen LogP contribution >= 0.6 is 31.9 Å². The Kier molecular flexibility index (Phi) is 4.62. The van der Waals surface area contributed by atoms with Gasteiger partial charge in [-0.3, -0.25) is 4.90 Å². The van der Waals surface area contributed by atoms with Crippen molar-refractivity contribution in [1.29, 1.82) is 0 Å². The van der Waals surface area contributed by atoms with Crippen molar-refractivity contribution in [2.75, 3.05) is 26.2 Å². The van der Waals surface area contributed by atoms with Gasteiger partial charge in [0.1, 0.15) is 0 Å². The number of halogens is 2. The topological polar surface area (TPSA) is 15.3 Å². The predicted octanol–water partition coefficient (Wildman–Crippen LogP) is 3.96. The van der Waals surface area contributed by atoms with Gasteiger partial charge in [-0.2, -0.15) is 0 Å². The Labute approximate surface area is 132 Å². The van der Waals surface area contributed by atoms with Gasteiger partial charge >= 0.3 is 0 Å². The minimum atomic E-state index is 0.586. The van der Waals surface area contributed by atoms with Crippen LogP contribution in [0.5, 0.6) is 0 Å². The lowest BCUT2D eigenvalue weighted by Gasteiger charge is -2.35. The summed E-state index contributed by atoms with van der Waals surface area (Å²) in [5, 5.41) is 3.45. The highest BCUT2D eigenvalue weighted by molar-refractivity contribution is 9.11. The molecule has 1 saturated carbocycles. The summed E-state index contributed by atoms with van der Waals surface area (Å²) in [7, 11) is 0. The second-order valence-corrected chi connectivity index (χ2v) is 7.51. The zero-order valence-corrected chi connectivity index (χ0v) is 14.2. The number of benzene rings is 1. The van der Waals surface area contributed by atoms with Crippen molar-refractivity contribution in [2.24, 2.45) is 5.92 Å². The normalized spacial score (nSPS) is 22.4. The molecule has 1 heterocycles. The van der Waals surface area contributed by atoms with Crippen LogP contribution in [-0.2, 0) is 0 Å². The number of hydrogen-bond donors (Lipinski definition) is 1. The van der Waals surface area contributed by atoms with Crippen molar-refractivity contribution in [3.8, 4) is 0 Å². The molecule has 104 valence electrons. The molecule has 4 heteroatoms. The lowest BCUT2D eigenvalue weighted by Crippen LogP contribution is -2.45. The minimum absolute atomic E-state index is 0.586. The molecule has 1 aliphatic heterocycles. The molecule has 0 spiro atoms. The Morgan fingerprint density at radius 3 is 2.32 bits per heavy atom. The minimum Gasteiger partial charge on any atom is -0.314 e. The lowest BCUT2D eigenvalue weighted by atomic mass is 9.99. The second kappa shape index (κ2) is 6.25. The summed E-state index contributed by atoms with van der Waals surface area (Å²) in [6.45, 7) is 4.58. The maximum absolute atomic E-state index is 3.63. The number of piperazine rings is 1. The lowest BCUT2D eigenvalue weighted by molar-refractivity contribution is 0.160. The molecule has 0 unspecified atom stereocenters. The van der Waals surface area contributed by atoms with Crippen LogP contribution in [0.3, 0.4) is 0 Å². The zero-order chi connectivity index (χ0) is 13.2. The quantitative estimate of drug-likeness (QED) is 0.841. The van der Waals surface area contributed by atoms with Crippen molar-refractivity contribution in [2.45, 2.75) is 25.3 Å². The van der Waals surface area contributed by atoms with Gasteiger partial charge in [0.2, 0.25) is 0 Å². The fraction of sp³-hybridized carbons (Fsp3) is 0.600. The standard InChI is InChI=1S/C15H20Br2N2/c16-13-8-12(9-14(17)10-13)15(7-11-1-2-11)19-5-3-18-4-6-19/h8-11,15,18H,1-7H2/t15-/m0/s1. The first-order chi connectivity index (χ1) is 9.22. The number of nitrogens with zero attached hydrogens (tertiary/aromatic N) is 1. The molecule has 0 bridgehead atoms. The van der Waals surface area contributed by atoms with Crippen molar-refractivity contribution in [1.82, 2.24) is 10.2 Å². The summed E-state index contributed by atoms with van der Waals surface area (Å²) in [6, 6.07) is 7.29. The van der Waals surface area contributed by atoms with E-state index in [1.165, 1.54) is 46.9 Å². The van der Waals surface area contributed by atoms with Gasteiger partial charge in [0.15, 0.2) is 0 Å². The van der Waals surface area contributed by atoms with Crippen LogP contribution in [0.15, 0.2) is 27.1 Å². The van der Waals surface area contributed by atoms with E-state index in [1.807, 2.05) is 0 Å². The van der Waals surface area contributed by atoms with Crippen LogP contribution in [-0.4, -0.2) is 31.1 Å². The van der Waals surface area contributed by atoms with Crippen LogP contribution in [0.25, 0.3) is 0 Å². The van der Waals surface area contributed by atoms with Crippen LogP contribution < -0.4 is 5.32 Å². The second-order valence-electron chi connectivity index (χ2n) is 5.68. The van der Waals surface area contributed by atoms with Crippen LogP contribution in [0.4, 0.5) is 0 Å². The molecule has 1 aromatic rings. The third-order valence-corrected chi connectivity index (χ3v) is 5.03. The van der Waals surface area contributed by atoms with Crippen LogP contribution in [0.1, 0.15) is 30.9 Å². The molecule has 1 atom stereocenters. The first-order valence-corrected chi connectivity index (χ1v) is 8.72. The van der Waals surface area contributed by atoms with E-state index in [0.29, 0.717) is 6.04 Å². The average molecular weight is 388 g/mol. The van der Waals surface area contributed by atoms with Gasteiger partial charge in [-0.15, -0.1) is 0 Å². The zero-order valence-electron chi connectivity index (χ0n) is 11.0. The fourth-order valence-corrected chi connectivity index (χ4v) is 4.26. The maximum Gasteiger partial charge on any atom is 0.0352 e. The fourth-order valence-electron chi connectivity index (χ4n) is 2.93. The summed E-state index contributed by atoms with van der Waals surface area (Å²) < 4.78 is 2.35. The molecule has 0 aromatic heterocycles. The molecule has 2 aliphatic rings. The smallest absolute Gasteiger partial charge is 0.0352 e. The van der Waals surface area contributed by atoms with Crippen molar-refractivity contribution in [3.05, 3.63) is 32.7 Å². The molecule has 19 heavy (non-hydrogen) atoms. The molecule has 1 aromatic carbocycles. The van der Waals surface area contributed by atoms with E-state index in [4.69, 9.17) is 0 Å². The maximum atomic E-state index is 3.63. The van der Waals surface area contributed by atoms with Crippen molar-refractivity contribution in [3.63, 3.8) is 0 Å². The van der Waals surface area contributed by atoms with E-state index in [2.05, 4.69) is 60.3 Å². The molecule has 2 nitrogen and oxygen atoms in total. The molecule has 1 aliphatic carbocycles. The van der Waals surface area contributed by atoms with Gasteiger partial charge in [0.05, 0.1) is 0 Å². The first-order valence-electron chi connectivity index (χ1n) is 7.13. The van der Waals surface area contributed by atoms with Gasteiger partial charge in [0, 0.05) is 41.2 Å². The predicted molar refractivity (Wildman–Crippen MR) is 86.4 cm³/mol. The Hall–Kier alpha value is 0.1000. The highest BCUT2D eigenvalue weighted by Gasteiger charge is 2.30. The molecule has 0 radical (unpaired) electrons. The molecular weight excluding hydrogens is 368 g/mol. The monoisotopic (exact) mass is 386 g/mol. The van der Waals surface area contributed by atoms with Gasteiger partial charge in [-0.1, -0.05) is 44.7 Å². The molecule has 3 rings (SSSR count). The highest BCUT2D eigenvalue weighted by Crippen LogP contribution is 2.41. The van der Waals surface area contributed by atoms with Gasteiger partial charge < -0.3 is 5.32 Å². The molecule has 1 saturated heterocycles. The third-order valence-electron chi connectivity index (χ3n) is 4.12. The van der Waals surface area contributed by atoms with Gasteiger partial charge in [-0.05, 0) is 36.1 Å². The van der Waals surface area contributed by atoms with E-state index >= 15 is 0 Å². The Bertz CT molecular complexity index is 420. The Morgan fingerprint density at radius 1 is 1.11 bits per heavy atom. The van der Waals surface area contributed by atoms with E-state index in [0.717, 1.165) is 19.0 Å². The summed E-state index contributed by atoms with van der Waals surface area (Å²) in [6.07, 6.45) is 4.18. The molecule has 2 fully saturated rings. The number of nitrogens with one attached hydrogen (secondary N) is 1. The molecule has 0 amide bonds. The Balaban J connectivity index is 1.83. The summed E-state index contributed by atoms with van der Waals surface area (Å²) in [5.41, 5.74) is 1.45. The van der Waals surface area contributed by atoms with Crippen molar-refractivity contribution >= 4 is 31.9 Å². The summed E-state index contributed by atoms with van der Waals surface area (Å²) >= 11 is 7.25. The highest BCUT2D eigenvalue weighted by atomic mass is 79.9. The molecule has 1 N–H and O–H groups in total. The van der Waals surface area contributed by atoms with E-state index in [9.17, 15) is 0 Å². The van der Waals surface area contributed by atoms with Crippen LogP contribution in [0.2, 0.25) is 0 Å².